The Morgan fingerprint density at radius 1 is 1.06 bits per heavy atom. The molecule has 2 heterocycles. The zero-order valence-electron chi connectivity index (χ0n) is 18.2. The molecule has 0 aliphatic carbocycles. The highest BCUT2D eigenvalue weighted by Gasteiger charge is 2.21. The van der Waals surface area contributed by atoms with Gasteiger partial charge in [0, 0.05) is 47.2 Å². The number of carbonyl (C=O) groups excluding carboxylic acids is 2. The third kappa shape index (κ3) is 4.70. The van der Waals surface area contributed by atoms with Gasteiger partial charge in [-0.3, -0.25) is 9.59 Å². The predicted octanol–water partition coefficient (Wildman–Crippen LogP) is 5.20. The van der Waals surface area contributed by atoms with Crippen LogP contribution in [0.4, 0.5) is 5.69 Å². The number of ether oxygens (including phenoxy) is 2. The third-order valence-electron chi connectivity index (χ3n) is 5.20. The van der Waals surface area contributed by atoms with E-state index >= 15 is 0 Å². The molecule has 0 saturated carbocycles. The van der Waals surface area contributed by atoms with Crippen molar-refractivity contribution in [3.63, 3.8) is 0 Å². The first-order valence-corrected chi connectivity index (χ1v) is 10.5. The lowest BCUT2D eigenvalue weighted by Gasteiger charge is -2.08. The molecule has 0 aliphatic heterocycles. The van der Waals surface area contributed by atoms with Crippen LogP contribution in [0.15, 0.2) is 51.4 Å². The molecule has 2 aromatic carbocycles. The molecule has 8 nitrogen and oxygen atoms in total. The smallest absolute Gasteiger partial charge is 0.228 e. The van der Waals surface area contributed by atoms with Crippen LogP contribution in [0.3, 0.4) is 0 Å². The lowest BCUT2D eigenvalue weighted by molar-refractivity contribution is -0.116. The Kier molecular flexibility index (Phi) is 6.37. The van der Waals surface area contributed by atoms with Gasteiger partial charge in [-0.25, -0.2) is 0 Å². The standard InChI is InChI=1S/C24H21ClN2O6/c1-13-17-7-5-15(26-22(28)9-6-16-12-21(25)27-33-16)11-19(17)32-24(13)23(29)14-4-8-18(30-2)20(10-14)31-3/h4-5,7-8,10-12H,6,9H2,1-3H3,(H,26,28). The largest absolute Gasteiger partial charge is 0.493 e. The average molecular weight is 469 g/mol. The number of nitrogens with zero attached hydrogens (tertiary/aromatic N) is 1. The van der Waals surface area contributed by atoms with Crippen LogP contribution >= 0.6 is 11.6 Å². The maximum atomic E-state index is 13.1. The van der Waals surface area contributed by atoms with E-state index in [1.807, 2.05) is 13.0 Å². The molecule has 0 spiro atoms. The summed E-state index contributed by atoms with van der Waals surface area (Å²) in [5.41, 5.74) is 2.18. The maximum absolute atomic E-state index is 13.1. The fraction of sp³-hybridized carbons (Fsp3) is 0.208. The molecule has 0 radical (unpaired) electrons. The molecule has 4 rings (SSSR count). The van der Waals surface area contributed by atoms with Crippen molar-refractivity contribution in [1.29, 1.82) is 0 Å². The summed E-state index contributed by atoms with van der Waals surface area (Å²) in [7, 11) is 3.04. The minimum absolute atomic E-state index is 0.198. The Labute approximate surface area is 194 Å². The second-order valence-corrected chi connectivity index (χ2v) is 7.72. The van der Waals surface area contributed by atoms with Gasteiger partial charge < -0.3 is 23.7 Å². The lowest BCUT2D eigenvalue weighted by Crippen LogP contribution is -2.12. The number of aromatic nitrogens is 1. The summed E-state index contributed by atoms with van der Waals surface area (Å²) >= 11 is 5.71. The monoisotopic (exact) mass is 468 g/mol. The number of carbonyl (C=O) groups is 2. The van der Waals surface area contributed by atoms with Crippen LogP contribution in [0.25, 0.3) is 11.0 Å². The molecule has 1 N–H and O–H groups in total. The normalized spacial score (nSPS) is 10.9. The highest BCUT2D eigenvalue weighted by atomic mass is 35.5. The maximum Gasteiger partial charge on any atom is 0.228 e. The summed E-state index contributed by atoms with van der Waals surface area (Å²) in [5, 5.41) is 7.44. The topological polar surface area (TPSA) is 104 Å². The number of hydrogen-bond donors (Lipinski definition) is 1. The highest BCUT2D eigenvalue weighted by Crippen LogP contribution is 2.32. The van der Waals surface area contributed by atoms with Crippen LogP contribution in [0.5, 0.6) is 11.5 Å². The van der Waals surface area contributed by atoms with Crippen molar-refractivity contribution in [2.75, 3.05) is 19.5 Å². The second-order valence-electron chi connectivity index (χ2n) is 7.33. The Morgan fingerprint density at radius 2 is 1.85 bits per heavy atom. The summed E-state index contributed by atoms with van der Waals surface area (Å²) in [6, 6.07) is 11.8. The molecule has 0 bridgehead atoms. The number of ketones is 1. The van der Waals surface area contributed by atoms with Gasteiger partial charge in [0.05, 0.1) is 14.2 Å². The molecule has 0 unspecified atom stereocenters. The van der Waals surface area contributed by atoms with E-state index in [9.17, 15) is 9.59 Å². The number of furan rings is 1. The van der Waals surface area contributed by atoms with E-state index < -0.39 is 0 Å². The highest BCUT2D eigenvalue weighted by molar-refractivity contribution is 6.29. The summed E-state index contributed by atoms with van der Waals surface area (Å²) in [6.07, 6.45) is 0.571. The van der Waals surface area contributed by atoms with Crippen LogP contribution in [0.2, 0.25) is 5.15 Å². The summed E-state index contributed by atoms with van der Waals surface area (Å²) < 4.78 is 21.4. The number of amides is 1. The van der Waals surface area contributed by atoms with Crippen molar-refractivity contribution in [1.82, 2.24) is 5.16 Å². The van der Waals surface area contributed by atoms with Crippen LogP contribution in [-0.2, 0) is 11.2 Å². The SMILES string of the molecule is COc1ccc(C(=O)c2oc3cc(NC(=O)CCc4cc(Cl)no4)ccc3c2C)cc1OC. The van der Waals surface area contributed by atoms with Gasteiger partial charge in [-0.1, -0.05) is 16.8 Å². The van der Waals surface area contributed by atoms with E-state index in [0.29, 0.717) is 46.1 Å². The molecule has 4 aromatic rings. The van der Waals surface area contributed by atoms with Gasteiger partial charge in [0.1, 0.15) is 11.3 Å². The van der Waals surface area contributed by atoms with Crippen molar-refractivity contribution in [3.8, 4) is 11.5 Å². The molecular weight excluding hydrogens is 448 g/mol. The molecule has 0 aliphatic rings. The Bertz CT molecular complexity index is 1340. The van der Waals surface area contributed by atoms with Crippen molar-refractivity contribution in [2.45, 2.75) is 19.8 Å². The number of halogens is 1. The van der Waals surface area contributed by atoms with Gasteiger partial charge in [0.25, 0.3) is 0 Å². The fourth-order valence-corrected chi connectivity index (χ4v) is 3.65. The van der Waals surface area contributed by atoms with Gasteiger partial charge in [-0.05, 0) is 37.3 Å². The first-order valence-electron chi connectivity index (χ1n) is 10.1. The quantitative estimate of drug-likeness (QED) is 0.354. The lowest BCUT2D eigenvalue weighted by atomic mass is 10.0. The van der Waals surface area contributed by atoms with Crippen molar-refractivity contribution in [3.05, 3.63) is 70.3 Å². The van der Waals surface area contributed by atoms with Gasteiger partial charge in [0.15, 0.2) is 22.4 Å². The zero-order valence-corrected chi connectivity index (χ0v) is 19.0. The Morgan fingerprint density at radius 3 is 2.55 bits per heavy atom. The van der Waals surface area contributed by atoms with E-state index in [-0.39, 0.29) is 29.0 Å². The molecule has 0 saturated heterocycles. The average Bonchev–Trinajstić information content (AvgIpc) is 3.39. The number of anilines is 1. The Hall–Kier alpha value is -3.78. The molecule has 0 atom stereocenters. The van der Waals surface area contributed by atoms with Crippen LogP contribution in [0, 0.1) is 6.92 Å². The number of aryl methyl sites for hydroxylation is 2. The first kappa shape index (κ1) is 22.4. The summed E-state index contributed by atoms with van der Waals surface area (Å²) in [6.45, 7) is 1.82. The zero-order chi connectivity index (χ0) is 23.5. The van der Waals surface area contributed by atoms with E-state index in [4.69, 9.17) is 30.0 Å². The van der Waals surface area contributed by atoms with E-state index in [0.717, 1.165) is 5.39 Å². The predicted molar refractivity (Wildman–Crippen MR) is 122 cm³/mol. The van der Waals surface area contributed by atoms with Crippen molar-refractivity contribution in [2.24, 2.45) is 0 Å². The van der Waals surface area contributed by atoms with E-state index in [1.54, 1.807) is 36.4 Å². The molecule has 1 amide bonds. The number of hydrogen-bond acceptors (Lipinski definition) is 7. The molecular formula is C24H21ClN2O6. The third-order valence-corrected chi connectivity index (χ3v) is 5.38. The molecule has 9 heteroatoms. The van der Waals surface area contributed by atoms with E-state index in [2.05, 4.69) is 10.5 Å². The molecule has 33 heavy (non-hydrogen) atoms. The Balaban J connectivity index is 1.52. The van der Waals surface area contributed by atoms with Gasteiger partial charge in [0.2, 0.25) is 11.7 Å². The minimum Gasteiger partial charge on any atom is -0.493 e. The molecule has 2 aromatic heterocycles. The van der Waals surface area contributed by atoms with Crippen LogP contribution < -0.4 is 14.8 Å². The fourth-order valence-electron chi connectivity index (χ4n) is 3.49. The van der Waals surface area contributed by atoms with Crippen molar-refractivity contribution >= 4 is 39.9 Å². The number of rotatable bonds is 8. The molecule has 170 valence electrons. The number of benzene rings is 2. The molecule has 0 fully saturated rings. The van der Waals surface area contributed by atoms with Gasteiger partial charge in [-0.15, -0.1) is 0 Å². The first-order chi connectivity index (χ1) is 15.9. The van der Waals surface area contributed by atoms with Gasteiger partial charge in [-0.2, -0.15) is 0 Å². The van der Waals surface area contributed by atoms with Crippen molar-refractivity contribution < 1.29 is 28.0 Å². The second kappa shape index (κ2) is 9.38. The minimum atomic E-state index is -0.277. The van der Waals surface area contributed by atoms with E-state index in [1.165, 1.54) is 14.2 Å². The summed E-state index contributed by atoms with van der Waals surface area (Å²) in [5.74, 6) is 1.26. The summed E-state index contributed by atoms with van der Waals surface area (Å²) in [4.78, 5) is 25.4. The van der Waals surface area contributed by atoms with Crippen LogP contribution in [-0.4, -0.2) is 31.1 Å². The number of nitrogens with one attached hydrogen (secondary N) is 1. The van der Waals surface area contributed by atoms with Gasteiger partial charge >= 0.3 is 0 Å². The number of methoxy groups -OCH3 is 2. The number of fused-ring (bicyclic) bond motifs is 1. The van der Waals surface area contributed by atoms with Crippen LogP contribution in [0.1, 0.15) is 33.9 Å².